The molecule has 5 rings (SSSR count). The zero-order valence-corrected chi connectivity index (χ0v) is 20.5. The van der Waals surface area contributed by atoms with Gasteiger partial charge in [-0.1, -0.05) is 75.4 Å². The molecule has 36 heavy (non-hydrogen) atoms. The first-order chi connectivity index (χ1) is 17.4. The van der Waals surface area contributed by atoms with Crippen LogP contribution < -0.4 is 0 Å². The van der Waals surface area contributed by atoms with Crippen LogP contribution in [-0.2, 0) is 4.74 Å². The molecule has 0 N–H and O–H groups in total. The summed E-state index contributed by atoms with van der Waals surface area (Å²) in [5.41, 5.74) is 4.84. The van der Waals surface area contributed by atoms with Crippen LogP contribution in [0.1, 0.15) is 26.3 Å². The first-order valence-corrected chi connectivity index (χ1v) is 11.8. The minimum Gasteiger partial charge on any atom is -0.461 e. The van der Waals surface area contributed by atoms with Gasteiger partial charge >= 0.3 is 0 Å². The van der Waals surface area contributed by atoms with Gasteiger partial charge in [-0.3, -0.25) is 0 Å². The molecule has 4 heteroatoms. The van der Waals surface area contributed by atoms with E-state index in [2.05, 4.69) is 82.2 Å². The molecule has 1 aromatic heterocycles. The lowest BCUT2D eigenvalue weighted by atomic mass is 9.91. The minimum absolute atomic E-state index is 0.0569. The van der Waals surface area contributed by atoms with Crippen LogP contribution in [0.2, 0.25) is 0 Å². The van der Waals surface area contributed by atoms with E-state index in [9.17, 15) is 5.26 Å². The van der Waals surface area contributed by atoms with Gasteiger partial charge in [-0.05, 0) is 53.6 Å². The van der Waals surface area contributed by atoms with Gasteiger partial charge in [0.2, 0.25) is 0 Å². The highest BCUT2D eigenvalue weighted by molar-refractivity contribution is 6.09. The summed E-state index contributed by atoms with van der Waals surface area (Å²) >= 11 is 0. The standard InChI is InChI=1S/C32H25N3O/c1-32(2,3)31-20-23(28(21-33)34-4)19-25(36-31)18-15-22-13-16-24(17-14-22)35-29-11-7-5-9-26(29)27-10-6-8-12-30(27)35/h5-20H,1-3H3/b18-15+,28-23-. The number of nitriles is 1. The minimum atomic E-state index is -0.259. The first kappa shape index (κ1) is 23.0. The maximum Gasteiger partial charge on any atom is 0.269 e. The monoisotopic (exact) mass is 467 g/mol. The van der Waals surface area contributed by atoms with Crippen molar-refractivity contribution in [3.05, 3.63) is 131 Å². The molecule has 0 saturated carbocycles. The molecule has 0 aliphatic carbocycles. The molecule has 3 aromatic carbocycles. The number of nitrogens with zero attached hydrogens (tertiary/aromatic N) is 3. The third-order valence-corrected chi connectivity index (χ3v) is 6.21. The number of hydrogen-bond acceptors (Lipinski definition) is 2. The van der Waals surface area contributed by atoms with Gasteiger partial charge in [0.1, 0.15) is 11.5 Å². The summed E-state index contributed by atoms with van der Waals surface area (Å²) in [6.45, 7) is 13.5. The van der Waals surface area contributed by atoms with E-state index in [1.54, 1.807) is 12.2 Å². The van der Waals surface area contributed by atoms with Gasteiger partial charge in [-0.2, -0.15) is 0 Å². The molecule has 0 fully saturated rings. The Labute approximate surface area is 211 Å². The van der Waals surface area contributed by atoms with Crippen molar-refractivity contribution in [2.75, 3.05) is 0 Å². The second kappa shape index (κ2) is 9.10. The Morgan fingerprint density at radius 1 is 0.889 bits per heavy atom. The summed E-state index contributed by atoms with van der Waals surface area (Å²) in [6, 6.07) is 27.3. The van der Waals surface area contributed by atoms with Gasteiger partial charge in [0.15, 0.2) is 0 Å². The van der Waals surface area contributed by atoms with Crippen LogP contribution in [0.25, 0.3) is 38.4 Å². The molecule has 0 saturated heterocycles. The lowest BCUT2D eigenvalue weighted by Crippen LogP contribution is -2.14. The summed E-state index contributed by atoms with van der Waals surface area (Å²) in [5, 5.41) is 11.8. The predicted molar refractivity (Wildman–Crippen MR) is 146 cm³/mol. The van der Waals surface area contributed by atoms with Crippen LogP contribution in [0.4, 0.5) is 0 Å². The molecule has 1 aliphatic heterocycles. The van der Waals surface area contributed by atoms with E-state index in [-0.39, 0.29) is 11.1 Å². The van der Waals surface area contributed by atoms with Crippen molar-refractivity contribution in [3.63, 3.8) is 0 Å². The number of fused-ring (bicyclic) bond motifs is 3. The fourth-order valence-corrected chi connectivity index (χ4v) is 4.38. The predicted octanol–water partition coefficient (Wildman–Crippen LogP) is 8.34. The molecule has 0 amide bonds. The second-order valence-electron chi connectivity index (χ2n) is 9.73. The molecule has 2 heterocycles. The van der Waals surface area contributed by atoms with Crippen LogP contribution >= 0.6 is 0 Å². The first-order valence-electron chi connectivity index (χ1n) is 11.8. The Hall–Kier alpha value is -4.80. The van der Waals surface area contributed by atoms with E-state index in [1.807, 2.05) is 39.0 Å². The SMILES string of the molecule is [C-]#[N+]/C(C#N)=C1C=C(/C=C/c2ccc(-n3c4ccccc4c4ccccc43)cc2)OC(C(C)(C)C)=C/1. The van der Waals surface area contributed by atoms with Gasteiger partial charge in [0, 0.05) is 21.9 Å². The number of hydrogen-bond donors (Lipinski definition) is 0. The summed E-state index contributed by atoms with van der Waals surface area (Å²) in [4.78, 5) is 3.37. The van der Waals surface area contributed by atoms with E-state index in [0.29, 0.717) is 11.3 Å². The quantitative estimate of drug-likeness (QED) is 0.224. The van der Waals surface area contributed by atoms with E-state index < -0.39 is 0 Å². The van der Waals surface area contributed by atoms with Gasteiger partial charge in [-0.15, -0.1) is 0 Å². The van der Waals surface area contributed by atoms with E-state index >= 15 is 0 Å². The third kappa shape index (κ3) is 4.22. The highest BCUT2D eigenvalue weighted by Gasteiger charge is 2.24. The van der Waals surface area contributed by atoms with Crippen LogP contribution in [0, 0.1) is 23.3 Å². The fourth-order valence-electron chi connectivity index (χ4n) is 4.38. The molecule has 0 atom stereocenters. The number of benzene rings is 3. The van der Waals surface area contributed by atoms with Crippen molar-refractivity contribution < 1.29 is 4.74 Å². The maximum absolute atomic E-state index is 9.36. The Balaban J connectivity index is 1.48. The molecular formula is C32H25N3O. The average Bonchev–Trinajstić information content (AvgIpc) is 3.22. The zero-order chi connectivity index (χ0) is 25.3. The zero-order valence-electron chi connectivity index (χ0n) is 20.5. The van der Waals surface area contributed by atoms with Gasteiger partial charge in [0.25, 0.3) is 5.70 Å². The van der Waals surface area contributed by atoms with Gasteiger partial charge in [0.05, 0.1) is 23.7 Å². The van der Waals surface area contributed by atoms with Gasteiger partial charge in [-0.25, -0.2) is 10.1 Å². The molecule has 4 aromatic rings. The molecule has 0 unspecified atom stereocenters. The molecular weight excluding hydrogens is 442 g/mol. The number of ether oxygens (including phenoxy) is 1. The summed E-state index contributed by atoms with van der Waals surface area (Å²) in [6.07, 6.45) is 7.39. The van der Waals surface area contributed by atoms with Crippen LogP contribution in [0.15, 0.2) is 114 Å². The molecule has 4 nitrogen and oxygen atoms in total. The Morgan fingerprint density at radius 3 is 2.06 bits per heavy atom. The molecule has 174 valence electrons. The van der Waals surface area contributed by atoms with Crippen molar-refractivity contribution in [2.24, 2.45) is 5.41 Å². The van der Waals surface area contributed by atoms with Crippen LogP contribution in [0.5, 0.6) is 0 Å². The highest BCUT2D eigenvalue weighted by Crippen LogP contribution is 2.35. The smallest absolute Gasteiger partial charge is 0.269 e. The fraction of sp³-hybridized carbons (Fsp3) is 0.125. The molecule has 0 radical (unpaired) electrons. The van der Waals surface area contributed by atoms with Crippen molar-refractivity contribution in [1.29, 1.82) is 5.26 Å². The lowest BCUT2D eigenvalue weighted by molar-refractivity contribution is 0.223. The second-order valence-corrected chi connectivity index (χ2v) is 9.73. The maximum atomic E-state index is 9.36. The van der Waals surface area contributed by atoms with Crippen LogP contribution in [-0.4, -0.2) is 4.57 Å². The van der Waals surface area contributed by atoms with Crippen molar-refractivity contribution in [3.8, 4) is 11.8 Å². The number of para-hydroxylation sites is 2. The Bertz CT molecular complexity index is 1620. The summed E-state index contributed by atoms with van der Waals surface area (Å²) in [5.74, 6) is 1.32. The third-order valence-electron chi connectivity index (χ3n) is 6.21. The number of allylic oxidation sites excluding steroid dienone is 6. The Kier molecular flexibility index (Phi) is 5.80. The molecule has 0 bridgehead atoms. The molecule has 0 spiro atoms. The highest BCUT2D eigenvalue weighted by atomic mass is 16.5. The van der Waals surface area contributed by atoms with E-state index in [4.69, 9.17) is 11.3 Å². The van der Waals surface area contributed by atoms with E-state index in [0.717, 1.165) is 17.0 Å². The van der Waals surface area contributed by atoms with Crippen molar-refractivity contribution in [1.82, 2.24) is 4.57 Å². The van der Waals surface area contributed by atoms with Crippen molar-refractivity contribution in [2.45, 2.75) is 20.8 Å². The molecule has 1 aliphatic rings. The number of rotatable bonds is 3. The normalized spacial score (nSPS) is 15.2. The van der Waals surface area contributed by atoms with Crippen molar-refractivity contribution >= 4 is 27.9 Å². The average molecular weight is 468 g/mol. The van der Waals surface area contributed by atoms with E-state index in [1.165, 1.54) is 21.8 Å². The summed E-state index contributed by atoms with van der Waals surface area (Å²) in [7, 11) is 0. The lowest BCUT2D eigenvalue weighted by Gasteiger charge is -2.26. The summed E-state index contributed by atoms with van der Waals surface area (Å²) < 4.78 is 8.39. The van der Waals surface area contributed by atoms with Crippen LogP contribution in [0.3, 0.4) is 0 Å². The topological polar surface area (TPSA) is 42.3 Å². The van der Waals surface area contributed by atoms with Gasteiger partial charge < -0.3 is 9.30 Å². The largest absolute Gasteiger partial charge is 0.461 e. The Morgan fingerprint density at radius 2 is 1.50 bits per heavy atom. The number of aromatic nitrogens is 1.